The van der Waals surface area contributed by atoms with Gasteiger partial charge in [0.2, 0.25) is 11.0 Å². The van der Waals surface area contributed by atoms with Gasteiger partial charge in [-0.3, -0.25) is 0 Å². The second-order valence-corrected chi connectivity index (χ2v) is 8.83. The van der Waals surface area contributed by atoms with Gasteiger partial charge in [-0.15, -0.1) is 10.2 Å². The second kappa shape index (κ2) is 8.26. The summed E-state index contributed by atoms with van der Waals surface area (Å²) >= 11 is 8.65. The first-order valence-electron chi connectivity index (χ1n) is 8.53. The fraction of sp³-hybridized carbons (Fsp3) is 0.211. The molecule has 3 aromatic rings. The number of hydrogen-bond acceptors (Lipinski definition) is 7. The molecule has 9 heteroatoms. The third-order valence-electron chi connectivity index (χ3n) is 4.13. The van der Waals surface area contributed by atoms with Crippen molar-refractivity contribution >= 4 is 49.3 Å². The van der Waals surface area contributed by atoms with Gasteiger partial charge in [0.15, 0.2) is 11.9 Å². The van der Waals surface area contributed by atoms with Gasteiger partial charge in [-0.25, -0.2) is 0 Å². The molecule has 6 nitrogen and oxygen atoms in total. The molecule has 0 fully saturated rings. The second-order valence-electron chi connectivity index (χ2n) is 5.89. The van der Waals surface area contributed by atoms with Crippen LogP contribution in [0.1, 0.15) is 18.7 Å². The van der Waals surface area contributed by atoms with Crippen molar-refractivity contribution in [2.75, 3.05) is 18.2 Å². The zero-order valence-corrected chi connectivity index (χ0v) is 19.1. The van der Waals surface area contributed by atoms with Crippen LogP contribution < -0.4 is 14.8 Å². The van der Waals surface area contributed by atoms with E-state index in [1.165, 1.54) is 11.8 Å². The number of fused-ring (bicyclic) bond motifs is 3. The minimum Gasteiger partial charge on any atom is -0.494 e. The summed E-state index contributed by atoms with van der Waals surface area (Å²) in [4.78, 5) is 4.60. The van der Waals surface area contributed by atoms with Crippen molar-refractivity contribution in [1.29, 1.82) is 0 Å². The summed E-state index contributed by atoms with van der Waals surface area (Å²) < 4.78 is 13.3. The lowest BCUT2D eigenvalue weighted by molar-refractivity contribution is 0.225. The van der Waals surface area contributed by atoms with Crippen molar-refractivity contribution in [3.05, 3.63) is 50.9 Å². The van der Waals surface area contributed by atoms with Crippen LogP contribution in [0.5, 0.6) is 11.6 Å². The Morgan fingerprint density at radius 3 is 2.64 bits per heavy atom. The molecule has 0 amide bonds. The van der Waals surface area contributed by atoms with Gasteiger partial charge >= 0.3 is 0 Å². The van der Waals surface area contributed by atoms with Crippen molar-refractivity contribution in [3.63, 3.8) is 0 Å². The van der Waals surface area contributed by atoms with E-state index >= 15 is 0 Å². The average molecular weight is 524 g/mol. The van der Waals surface area contributed by atoms with Crippen LogP contribution >= 0.6 is 43.6 Å². The summed E-state index contributed by atoms with van der Waals surface area (Å²) in [7, 11) is 1.63. The predicted molar refractivity (Wildman–Crippen MR) is 117 cm³/mol. The van der Waals surface area contributed by atoms with Crippen LogP contribution in [-0.4, -0.2) is 28.0 Å². The molecule has 0 unspecified atom stereocenters. The molecule has 28 heavy (non-hydrogen) atoms. The van der Waals surface area contributed by atoms with Gasteiger partial charge in [-0.2, -0.15) is 4.98 Å². The number of nitrogens with zero attached hydrogens (tertiary/aromatic N) is 3. The summed E-state index contributed by atoms with van der Waals surface area (Å²) in [5.74, 6) is 2.04. The van der Waals surface area contributed by atoms with E-state index in [9.17, 15) is 0 Å². The summed E-state index contributed by atoms with van der Waals surface area (Å²) in [6.07, 6.45) is -0.461. The molecule has 1 aliphatic heterocycles. The maximum Gasteiger partial charge on any atom is 0.247 e. The molecule has 0 saturated heterocycles. The van der Waals surface area contributed by atoms with Crippen molar-refractivity contribution in [3.8, 4) is 22.9 Å². The number of rotatable bonds is 4. The molecule has 144 valence electrons. The highest BCUT2D eigenvalue weighted by molar-refractivity contribution is 9.11. The fourth-order valence-electron chi connectivity index (χ4n) is 2.91. The van der Waals surface area contributed by atoms with Gasteiger partial charge in [0, 0.05) is 16.8 Å². The lowest BCUT2D eigenvalue weighted by Gasteiger charge is -2.20. The summed E-state index contributed by atoms with van der Waals surface area (Å²) in [5.41, 5.74) is 3.34. The molecule has 1 aromatic heterocycles. The maximum atomic E-state index is 6.28. The molecule has 0 saturated carbocycles. The van der Waals surface area contributed by atoms with E-state index in [0.717, 1.165) is 37.3 Å². The predicted octanol–water partition coefficient (Wildman–Crippen LogP) is 5.69. The molecule has 0 aliphatic carbocycles. The Morgan fingerprint density at radius 1 is 1.18 bits per heavy atom. The van der Waals surface area contributed by atoms with E-state index in [0.29, 0.717) is 16.7 Å². The van der Waals surface area contributed by atoms with Gasteiger partial charge in [0.25, 0.3) is 0 Å². The smallest absolute Gasteiger partial charge is 0.247 e. The SMILES string of the molecule is CCSc1nnc2c(n1)O[C@@H](c1cc(Br)c(OC)c(Br)c1)Nc1ccccc1-2. The molecular weight excluding hydrogens is 508 g/mol. The Morgan fingerprint density at radius 2 is 1.93 bits per heavy atom. The fourth-order valence-corrected chi connectivity index (χ4v) is 4.96. The highest BCUT2D eigenvalue weighted by atomic mass is 79.9. The summed E-state index contributed by atoms with van der Waals surface area (Å²) in [6.45, 7) is 2.05. The van der Waals surface area contributed by atoms with Crippen LogP contribution in [0.2, 0.25) is 0 Å². The number of hydrogen-bond donors (Lipinski definition) is 1. The standard InChI is InChI=1S/C19H16Br2N4O2S/c1-3-28-19-23-18-15(24-25-19)11-6-4-5-7-14(11)22-17(27-18)10-8-12(20)16(26-2)13(21)9-10/h4-9,17,22H,3H2,1-2H3/t17-/m0/s1. The number of anilines is 1. The van der Waals surface area contributed by atoms with Crippen LogP contribution in [0.3, 0.4) is 0 Å². The lowest BCUT2D eigenvalue weighted by atomic mass is 10.1. The zero-order valence-electron chi connectivity index (χ0n) is 15.1. The van der Waals surface area contributed by atoms with E-state index in [-0.39, 0.29) is 0 Å². The van der Waals surface area contributed by atoms with Crippen LogP contribution in [0.25, 0.3) is 11.3 Å². The lowest BCUT2D eigenvalue weighted by Crippen LogP contribution is -2.17. The number of para-hydroxylation sites is 1. The molecule has 1 atom stereocenters. The monoisotopic (exact) mass is 522 g/mol. The number of nitrogens with one attached hydrogen (secondary N) is 1. The van der Waals surface area contributed by atoms with E-state index in [4.69, 9.17) is 9.47 Å². The first-order chi connectivity index (χ1) is 13.6. The zero-order chi connectivity index (χ0) is 19.7. The Bertz CT molecular complexity index is 1010. The minimum atomic E-state index is -0.461. The van der Waals surface area contributed by atoms with Crippen molar-refractivity contribution in [1.82, 2.24) is 15.2 Å². The highest BCUT2D eigenvalue weighted by Crippen LogP contribution is 2.42. The molecular formula is C19H16Br2N4O2S. The highest BCUT2D eigenvalue weighted by Gasteiger charge is 2.27. The summed E-state index contributed by atoms with van der Waals surface area (Å²) in [6, 6.07) is 11.8. The normalized spacial score (nSPS) is 14.9. The number of benzene rings is 2. The number of aromatic nitrogens is 3. The van der Waals surface area contributed by atoms with E-state index in [1.807, 2.05) is 43.3 Å². The van der Waals surface area contributed by atoms with Gasteiger partial charge in [0.1, 0.15) is 5.75 Å². The number of methoxy groups -OCH3 is 1. The third-order valence-corrected chi connectivity index (χ3v) is 6.03. The molecule has 2 heterocycles. The van der Waals surface area contributed by atoms with Crippen LogP contribution in [0.4, 0.5) is 5.69 Å². The summed E-state index contributed by atoms with van der Waals surface area (Å²) in [5, 5.41) is 12.7. The molecule has 2 aromatic carbocycles. The maximum absolute atomic E-state index is 6.28. The van der Waals surface area contributed by atoms with Crippen LogP contribution in [-0.2, 0) is 0 Å². The Labute approximate surface area is 183 Å². The molecule has 4 rings (SSSR count). The Kier molecular flexibility index (Phi) is 5.75. The van der Waals surface area contributed by atoms with Gasteiger partial charge in [-0.1, -0.05) is 36.9 Å². The van der Waals surface area contributed by atoms with Gasteiger partial charge in [-0.05, 0) is 55.8 Å². The van der Waals surface area contributed by atoms with Gasteiger partial charge in [0.05, 0.1) is 16.1 Å². The topological polar surface area (TPSA) is 69.2 Å². The first-order valence-corrected chi connectivity index (χ1v) is 11.1. The third kappa shape index (κ3) is 3.70. The Balaban J connectivity index is 1.83. The Hall–Kier alpha value is -1.84. The minimum absolute atomic E-state index is 0.455. The average Bonchev–Trinajstić information content (AvgIpc) is 2.84. The quantitative estimate of drug-likeness (QED) is 0.440. The molecule has 0 bridgehead atoms. The van der Waals surface area contributed by atoms with E-state index < -0.39 is 6.23 Å². The molecule has 1 aliphatic rings. The van der Waals surface area contributed by atoms with Crippen LogP contribution in [0, 0.1) is 0 Å². The first kappa shape index (κ1) is 19.5. The van der Waals surface area contributed by atoms with Crippen molar-refractivity contribution in [2.45, 2.75) is 18.3 Å². The molecule has 0 spiro atoms. The molecule has 0 radical (unpaired) electrons. The molecule has 1 N–H and O–H groups in total. The van der Waals surface area contributed by atoms with Crippen molar-refractivity contribution < 1.29 is 9.47 Å². The van der Waals surface area contributed by atoms with E-state index in [1.54, 1.807) is 7.11 Å². The largest absolute Gasteiger partial charge is 0.494 e. The van der Waals surface area contributed by atoms with E-state index in [2.05, 4.69) is 52.4 Å². The van der Waals surface area contributed by atoms with Crippen molar-refractivity contribution in [2.24, 2.45) is 0 Å². The number of halogens is 2. The number of thioether (sulfide) groups is 1. The van der Waals surface area contributed by atoms with Crippen LogP contribution in [0.15, 0.2) is 50.5 Å². The number of ether oxygens (including phenoxy) is 2. The van der Waals surface area contributed by atoms with Gasteiger partial charge < -0.3 is 14.8 Å².